The van der Waals surface area contributed by atoms with E-state index < -0.39 is 0 Å². The number of epoxide rings is 1. The maximum Gasteiger partial charge on any atom is 0.159 e. The molecule has 0 radical (unpaired) electrons. The number of rotatable bonds is 1. The second kappa shape index (κ2) is 4.69. The molecule has 0 aromatic rings. The van der Waals surface area contributed by atoms with Gasteiger partial charge in [0.1, 0.15) is 0 Å². The molecule has 0 bridgehead atoms. The molecule has 0 N–H and O–H groups in total. The number of hydrogen-bond donors (Lipinski definition) is 0. The lowest BCUT2D eigenvalue weighted by atomic mass is 9.43. The van der Waals surface area contributed by atoms with Crippen LogP contribution in [0.4, 0.5) is 0 Å². The molecular formula is C20H30O2. The Morgan fingerprint density at radius 2 is 1.91 bits per heavy atom. The first kappa shape index (κ1) is 14.9. The van der Waals surface area contributed by atoms with Crippen LogP contribution in [-0.4, -0.2) is 18.5 Å². The lowest BCUT2D eigenvalue weighted by molar-refractivity contribution is -0.146. The van der Waals surface area contributed by atoms with Crippen LogP contribution in [-0.2, 0) is 9.53 Å². The highest BCUT2D eigenvalue weighted by molar-refractivity contribution is 5.94. The van der Waals surface area contributed by atoms with Gasteiger partial charge in [-0.2, -0.15) is 0 Å². The van der Waals surface area contributed by atoms with E-state index in [-0.39, 0.29) is 11.3 Å². The minimum atomic E-state index is 0.200. The molecule has 0 amide bonds. The van der Waals surface area contributed by atoms with Gasteiger partial charge in [-0.3, -0.25) is 4.79 Å². The SMILES string of the molecule is CC1=CC(=O)[C@@H]2[C@H](CC[C@@H]3C(C)(C)CCC[C@@]23C)[C@H]1[C@@H]1CO1. The van der Waals surface area contributed by atoms with Crippen molar-refractivity contribution in [3.05, 3.63) is 11.6 Å². The quantitative estimate of drug-likeness (QED) is 0.672. The molecule has 0 aromatic heterocycles. The molecule has 2 saturated carbocycles. The monoisotopic (exact) mass is 302 g/mol. The van der Waals surface area contributed by atoms with Crippen LogP contribution in [0.25, 0.3) is 0 Å². The van der Waals surface area contributed by atoms with Crippen molar-refractivity contribution in [3.8, 4) is 0 Å². The number of ether oxygens (including phenoxy) is 1. The summed E-state index contributed by atoms with van der Waals surface area (Å²) in [6.07, 6.45) is 8.73. The molecule has 122 valence electrons. The van der Waals surface area contributed by atoms with Crippen LogP contribution in [0.1, 0.15) is 59.8 Å². The third-order valence-electron chi connectivity index (χ3n) is 7.63. The van der Waals surface area contributed by atoms with E-state index in [1.165, 1.54) is 37.7 Å². The molecule has 6 atom stereocenters. The summed E-state index contributed by atoms with van der Waals surface area (Å²) in [6, 6.07) is 0. The minimum Gasteiger partial charge on any atom is -0.372 e. The number of carbonyl (C=O) groups is 1. The molecule has 3 aliphatic carbocycles. The smallest absolute Gasteiger partial charge is 0.159 e. The molecule has 2 nitrogen and oxygen atoms in total. The van der Waals surface area contributed by atoms with E-state index in [1.807, 2.05) is 6.08 Å². The maximum absolute atomic E-state index is 13.0. The number of ketones is 1. The third kappa shape index (κ3) is 1.99. The molecule has 4 aliphatic rings. The van der Waals surface area contributed by atoms with Gasteiger partial charge in [0.05, 0.1) is 12.7 Å². The van der Waals surface area contributed by atoms with Crippen molar-refractivity contribution < 1.29 is 9.53 Å². The van der Waals surface area contributed by atoms with E-state index in [2.05, 4.69) is 27.7 Å². The van der Waals surface area contributed by atoms with Gasteiger partial charge >= 0.3 is 0 Å². The second-order valence-electron chi connectivity index (χ2n) is 9.31. The molecule has 3 fully saturated rings. The van der Waals surface area contributed by atoms with E-state index >= 15 is 0 Å². The van der Waals surface area contributed by atoms with Crippen molar-refractivity contribution in [3.63, 3.8) is 0 Å². The largest absolute Gasteiger partial charge is 0.372 e. The molecule has 0 unspecified atom stereocenters. The predicted molar refractivity (Wildman–Crippen MR) is 87.4 cm³/mol. The highest BCUT2D eigenvalue weighted by atomic mass is 16.6. The molecule has 0 aromatic carbocycles. The van der Waals surface area contributed by atoms with E-state index in [4.69, 9.17) is 4.74 Å². The van der Waals surface area contributed by atoms with Crippen LogP contribution >= 0.6 is 0 Å². The Bertz CT molecular complexity index is 528. The van der Waals surface area contributed by atoms with Crippen LogP contribution in [0, 0.1) is 34.5 Å². The zero-order valence-electron chi connectivity index (χ0n) is 14.5. The normalized spacial score (nSPS) is 49.9. The number of carbonyl (C=O) groups excluding carboxylic acids is 1. The Morgan fingerprint density at radius 1 is 1.18 bits per heavy atom. The van der Waals surface area contributed by atoms with Gasteiger partial charge in [0.2, 0.25) is 0 Å². The number of fused-ring (bicyclic) bond motifs is 3. The van der Waals surface area contributed by atoms with Gasteiger partial charge in [-0.15, -0.1) is 0 Å². The van der Waals surface area contributed by atoms with Crippen LogP contribution in [0.2, 0.25) is 0 Å². The molecule has 0 spiro atoms. The standard InChI is InChI=1S/C20H30O2/c1-12-10-14(21)18-13(17(12)15-11-22-15)6-7-16-19(2,3)8-5-9-20(16,18)4/h10,13,15-18H,5-9,11H2,1-4H3/t13-,15+,16-,17+,18+,20-/m1/s1. The topological polar surface area (TPSA) is 29.6 Å². The van der Waals surface area contributed by atoms with Crippen LogP contribution in [0.3, 0.4) is 0 Å². The Labute approximate surface area is 134 Å². The average Bonchev–Trinajstić information content (AvgIpc) is 3.21. The van der Waals surface area contributed by atoms with Gasteiger partial charge in [-0.25, -0.2) is 0 Å². The third-order valence-corrected chi connectivity index (χ3v) is 7.63. The van der Waals surface area contributed by atoms with E-state index in [1.54, 1.807) is 0 Å². The molecule has 1 heterocycles. The highest BCUT2D eigenvalue weighted by Crippen LogP contribution is 2.64. The fourth-order valence-electron chi connectivity index (χ4n) is 6.78. The Balaban J connectivity index is 1.75. The summed E-state index contributed by atoms with van der Waals surface area (Å²) in [5.41, 5.74) is 1.87. The molecule has 22 heavy (non-hydrogen) atoms. The van der Waals surface area contributed by atoms with Crippen molar-refractivity contribution in [2.75, 3.05) is 6.61 Å². The van der Waals surface area contributed by atoms with Crippen molar-refractivity contribution in [1.82, 2.24) is 0 Å². The van der Waals surface area contributed by atoms with Gasteiger partial charge in [0.25, 0.3) is 0 Å². The van der Waals surface area contributed by atoms with Crippen LogP contribution in [0.5, 0.6) is 0 Å². The van der Waals surface area contributed by atoms with E-state index in [0.717, 1.165) is 6.61 Å². The predicted octanol–water partition coefficient (Wildman–Crippen LogP) is 4.39. The van der Waals surface area contributed by atoms with Crippen molar-refractivity contribution >= 4 is 5.78 Å². The van der Waals surface area contributed by atoms with Crippen molar-refractivity contribution in [2.45, 2.75) is 65.9 Å². The zero-order chi connectivity index (χ0) is 15.7. The second-order valence-corrected chi connectivity index (χ2v) is 9.31. The molecule has 1 aliphatic heterocycles. The highest BCUT2D eigenvalue weighted by Gasteiger charge is 2.60. The van der Waals surface area contributed by atoms with Gasteiger partial charge in [-0.1, -0.05) is 32.8 Å². The first-order valence-electron chi connectivity index (χ1n) is 9.18. The minimum absolute atomic E-state index is 0.200. The van der Waals surface area contributed by atoms with Crippen LogP contribution in [0.15, 0.2) is 11.6 Å². The van der Waals surface area contributed by atoms with E-state index in [0.29, 0.717) is 35.1 Å². The summed E-state index contributed by atoms with van der Waals surface area (Å²) in [5, 5.41) is 0. The van der Waals surface area contributed by atoms with Gasteiger partial charge in [-0.05, 0) is 61.3 Å². The van der Waals surface area contributed by atoms with Gasteiger partial charge < -0.3 is 4.74 Å². The Morgan fingerprint density at radius 3 is 2.59 bits per heavy atom. The molecule has 1 saturated heterocycles. The molecular weight excluding hydrogens is 272 g/mol. The summed E-state index contributed by atoms with van der Waals surface area (Å²) in [6.45, 7) is 10.4. The van der Waals surface area contributed by atoms with Crippen LogP contribution < -0.4 is 0 Å². The number of hydrogen-bond acceptors (Lipinski definition) is 2. The summed E-state index contributed by atoms with van der Waals surface area (Å²) in [5.74, 6) is 2.39. The first-order valence-corrected chi connectivity index (χ1v) is 9.18. The van der Waals surface area contributed by atoms with Crippen molar-refractivity contribution in [1.29, 1.82) is 0 Å². The molecule has 4 rings (SSSR count). The van der Waals surface area contributed by atoms with Gasteiger partial charge in [0, 0.05) is 11.8 Å². The first-order chi connectivity index (χ1) is 10.3. The van der Waals surface area contributed by atoms with E-state index in [9.17, 15) is 4.79 Å². The fraction of sp³-hybridized carbons (Fsp3) is 0.850. The summed E-state index contributed by atoms with van der Waals surface area (Å²) >= 11 is 0. The lowest BCUT2D eigenvalue weighted by Gasteiger charge is -2.60. The zero-order valence-corrected chi connectivity index (χ0v) is 14.5. The summed E-state index contributed by atoms with van der Waals surface area (Å²) in [7, 11) is 0. The lowest BCUT2D eigenvalue weighted by Crippen LogP contribution is -2.56. The summed E-state index contributed by atoms with van der Waals surface area (Å²) in [4.78, 5) is 13.0. The maximum atomic E-state index is 13.0. The Kier molecular flexibility index (Phi) is 3.18. The Hall–Kier alpha value is -0.630. The number of allylic oxidation sites excluding steroid dienone is 1. The van der Waals surface area contributed by atoms with Gasteiger partial charge in [0.15, 0.2) is 5.78 Å². The molecule has 2 heteroatoms. The fourth-order valence-corrected chi connectivity index (χ4v) is 6.78. The van der Waals surface area contributed by atoms with Crippen molar-refractivity contribution in [2.24, 2.45) is 34.5 Å². The average molecular weight is 302 g/mol. The summed E-state index contributed by atoms with van der Waals surface area (Å²) < 4.78 is 5.66.